The molecule has 0 aliphatic carbocycles. The van der Waals surface area contributed by atoms with Crippen LogP contribution in [-0.2, 0) is 13.5 Å². The Morgan fingerprint density at radius 1 is 1.20 bits per heavy atom. The zero-order valence-electron chi connectivity index (χ0n) is 18.7. The van der Waals surface area contributed by atoms with Crippen molar-refractivity contribution in [3.63, 3.8) is 0 Å². The van der Waals surface area contributed by atoms with Gasteiger partial charge in [-0.25, -0.2) is 9.97 Å². The minimum absolute atomic E-state index is 0.393. The zero-order valence-corrected chi connectivity index (χ0v) is 19.5. The van der Waals surface area contributed by atoms with Crippen molar-refractivity contribution in [2.24, 2.45) is 18.4 Å². The van der Waals surface area contributed by atoms with Gasteiger partial charge in [-0.1, -0.05) is 20.8 Å². The largest absolute Gasteiger partial charge is 0.355 e. The Morgan fingerprint density at radius 2 is 2.00 bits per heavy atom. The van der Waals surface area contributed by atoms with E-state index < -0.39 is 0 Å². The number of rotatable bonds is 5. The van der Waals surface area contributed by atoms with E-state index in [1.54, 1.807) is 17.7 Å². The molecule has 0 aromatic carbocycles. The third-order valence-corrected chi connectivity index (χ3v) is 8.11. The van der Waals surface area contributed by atoms with E-state index in [-0.39, 0.29) is 0 Å². The number of aryl methyl sites for hydroxylation is 3. The summed E-state index contributed by atoms with van der Waals surface area (Å²) in [5.74, 6) is 1.71. The number of fused-ring (bicyclic) bond motifs is 1. The molecule has 0 N–H and O–H groups in total. The fourth-order valence-electron chi connectivity index (χ4n) is 5.59. The van der Waals surface area contributed by atoms with E-state index in [0.717, 1.165) is 35.9 Å². The highest BCUT2D eigenvalue weighted by molar-refractivity contribution is 7.18. The van der Waals surface area contributed by atoms with E-state index in [2.05, 4.69) is 59.8 Å². The second-order valence-corrected chi connectivity index (χ2v) is 10.7. The number of hydrogen-bond acceptors (Lipinski definition) is 6. The third-order valence-electron chi connectivity index (χ3n) is 6.92. The van der Waals surface area contributed by atoms with E-state index in [1.807, 2.05) is 11.7 Å². The summed E-state index contributed by atoms with van der Waals surface area (Å²) >= 11 is 1.80. The summed E-state index contributed by atoms with van der Waals surface area (Å²) in [6.45, 7) is 13.5. The summed E-state index contributed by atoms with van der Waals surface area (Å²) in [7, 11) is 2.02. The molecule has 160 valence electrons. The first-order chi connectivity index (χ1) is 14.4. The summed E-state index contributed by atoms with van der Waals surface area (Å²) in [6.07, 6.45) is 6.26. The first-order valence-corrected chi connectivity index (χ1v) is 11.9. The monoisotopic (exact) mass is 424 g/mol. The molecule has 1 atom stereocenters. The molecule has 7 heteroatoms. The van der Waals surface area contributed by atoms with E-state index in [9.17, 15) is 0 Å². The van der Waals surface area contributed by atoms with Crippen LogP contribution in [0.2, 0.25) is 0 Å². The minimum Gasteiger partial charge on any atom is -0.355 e. The van der Waals surface area contributed by atoms with Crippen LogP contribution in [0.4, 0.5) is 5.82 Å². The fourth-order valence-corrected chi connectivity index (χ4v) is 6.52. The van der Waals surface area contributed by atoms with E-state index in [1.165, 1.54) is 35.3 Å². The Balaban J connectivity index is 1.34. The van der Waals surface area contributed by atoms with Gasteiger partial charge < -0.3 is 4.90 Å². The molecule has 6 nitrogen and oxygen atoms in total. The minimum atomic E-state index is 0.393. The van der Waals surface area contributed by atoms with Crippen LogP contribution < -0.4 is 4.90 Å². The lowest BCUT2D eigenvalue weighted by Crippen LogP contribution is -2.59. The van der Waals surface area contributed by atoms with Crippen molar-refractivity contribution in [1.29, 1.82) is 0 Å². The van der Waals surface area contributed by atoms with Crippen LogP contribution in [0.5, 0.6) is 0 Å². The standard InChI is InChI=1S/C23H32N6S/c1-6-17-9-18-21(24-14-25-22(18)30-17)28-8-7-23(11-28)12-29(13-23)20(15(2)3)19-10-27(5)26-16(19)4/h9-10,14-15,20H,6-8,11-13H2,1-5H3/t20-/m1/s1. The molecule has 2 saturated heterocycles. The zero-order chi connectivity index (χ0) is 21.0. The highest BCUT2D eigenvalue weighted by Gasteiger charge is 2.50. The first-order valence-electron chi connectivity index (χ1n) is 11.1. The smallest absolute Gasteiger partial charge is 0.140 e. The molecule has 0 unspecified atom stereocenters. The Labute approximate surface area is 182 Å². The molecule has 2 aliphatic rings. The summed E-state index contributed by atoms with van der Waals surface area (Å²) in [4.78, 5) is 16.9. The first kappa shape index (κ1) is 19.9. The van der Waals surface area contributed by atoms with Crippen molar-refractivity contribution in [3.05, 3.63) is 34.7 Å². The maximum Gasteiger partial charge on any atom is 0.140 e. The molecule has 5 rings (SSSR count). The van der Waals surface area contributed by atoms with Gasteiger partial charge in [0.2, 0.25) is 0 Å². The molecule has 0 saturated carbocycles. The molecule has 0 amide bonds. The highest BCUT2D eigenvalue weighted by atomic mass is 32.1. The number of thiophene rings is 1. The van der Waals surface area contributed by atoms with Gasteiger partial charge in [0.1, 0.15) is 17.0 Å². The normalized spacial score (nSPS) is 19.9. The van der Waals surface area contributed by atoms with Crippen LogP contribution in [0.3, 0.4) is 0 Å². The molecular formula is C23H32N6S. The molecule has 2 fully saturated rings. The second-order valence-electron chi connectivity index (χ2n) is 9.59. The molecule has 1 spiro atoms. The molecule has 30 heavy (non-hydrogen) atoms. The Morgan fingerprint density at radius 3 is 2.67 bits per heavy atom. The van der Waals surface area contributed by atoms with Crippen molar-refractivity contribution < 1.29 is 0 Å². The second kappa shape index (κ2) is 7.31. The number of nitrogens with zero attached hydrogens (tertiary/aromatic N) is 6. The predicted molar refractivity (Wildman–Crippen MR) is 123 cm³/mol. The number of anilines is 1. The number of aromatic nitrogens is 4. The van der Waals surface area contributed by atoms with Gasteiger partial charge >= 0.3 is 0 Å². The number of likely N-dealkylation sites (tertiary alicyclic amines) is 1. The molecule has 5 heterocycles. The fraction of sp³-hybridized carbons (Fsp3) is 0.609. The van der Waals surface area contributed by atoms with Crippen molar-refractivity contribution in [2.75, 3.05) is 31.1 Å². The van der Waals surface area contributed by atoms with Gasteiger partial charge in [0, 0.05) is 61.3 Å². The van der Waals surface area contributed by atoms with Crippen LogP contribution in [0, 0.1) is 18.3 Å². The van der Waals surface area contributed by atoms with Crippen LogP contribution in [0.15, 0.2) is 18.6 Å². The maximum absolute atomic E-state index is 4.70. The molecule has 3 aromatic rings. The van der Waals surface area contributed by atoms with Gasteiger partial charge in [-0.05, 0) is 31.7 Å². The summed E-state index contributed by atoms with van der Waals surface area (Å²) < 4.78 is 1.96. The molecule has 3 aromatic heterocycles. The van der Waals surface area contributed by atoms with Crippen molar-refractivity contribution in [3.8, 4) is 0 Å². The summed E-state index contributed by atoms with van der Waals surface area (Å²) in [5, 5.41) is 5.84. The molecular weight excluding hydrogens is 392 g/mol. The Bertz CT molecular complexity index is 1060. The lowest BCUT2D eigenvalue weighted by atomic mass is 9.76. The van der Waals surface area contributed by atoms with Gasteiger partial charge in [0.25, 0.3) is 0 Å². The molecule has 2 aliphatic heterocycles. The predicted octanol–water partition coefficient (Wildman–Crippen LogP) is 4.21. The van der Waals surface area contributed by atoms with Crippen LogP contribution in [0.1, 0.15) is 49.4 Å². The quantitative estimate of drug-likeness (QED) is 0.614. The van der Waals surface area contributed by atoms with Gasteiger partial charge in [0.05, 0.1) is 11.1 Å². The van der Waals surface area contributed by atoms with Gasteiger partial charge in [-0.15, -0.1) is 11.3 Å². The van der Waals surface area contributed by atoms with E-state index in [4.69, 9.17) is 4.98 Å². The van der Waals surface area contributed by atoms with Gasteiger partial charge in [-0.3, -0.25) is 9.58 Å². The molecule has 0 bridgehead atoms. The summed E-state index contributed by atoms with van der Waals surface area (Å²) in [6, 6.07) is 2.75. The van der Waals surface area contributed by atoms with Crippen molar-refractivity contribution in [2.45, 2.75) is 46.6 Å². The van der Waals surface area contributed by atoms with Crippen molar-refractivity contribution >= 4 is 27.4 Å². The van der Waals surface area contributed by atoms with Crippen LogP contribution in [0.25, 0.3) is 10.2 Å². The molecule has 0 radical (unpaired) electrons. The van der Waals surface area contributed by atoms with Gasteiger partial charge in [-0.2, -0.15) is 5.10 Å². The van der Waals surface area contributed by atoms with Gasteiger partial charge in [0.15, 0.2) is 0 Å². The van der Waals surface area contributed by atoms with Crippen LogP contribution in [-0.4, -0.2) is 50.8 Å². The maximum atomic E-state index is 4.70. The average Bonchev–Trinajstić information content (AvgIpc) is 3.37. The topological polar surface area (TPSA) is 50.1 Å². The lowest BCUT2D eigenvalue weighted by molar-refractivity contribution is -0.0323. The third kappa shape index (κ3) is 3.23. The lowest BCUT2D eigenvalue weighted by Gasteiger charge is -2.52. The highest BCUT2D eigenvalue weighted by Crippen LogP contribution is 2.47. The van der Waals surface area contributed by atoms with E-state index in [0.29, 0.717) is 17.4 Å². The average molecular weight is 425 g/mol. The van der Waals surface area contributed by atoms with E-state index >= 15 is 0 Å². The Hall–Kier alpha value is -1.99. The van der Waals surface area contributed by atoms with Crippen LogP contribution >= 0.6 is 11.3 Å². The van der Waals surface area contributed by atoms with Crippen molar-refractivity contribution in [1.82, 2.24) is 24.6 Å². The number of hydrogen-bond donors (Lipinski definition) is 0. The summed E-state index contributed by atoms with van der Waals surface area (Å²) in [5.41, 5.74) is 2.95. The Kier molecular flexibility index (Phi) is 4.86. The SMILES string of the molecule is CCc1cc2c(N3CCC4(C3)CN([C@@H](c3cn(C)nc3C)C(C)C)C4)ncnc2s1.